The van der Waals surface area contributed by atoms with Crippen molar-refractivity contribution in [2.45, 2.75) is 19.3 Å². The van der Waals surface area contributed by atoms with Gasteiger partial charge in [-0.2, -0.15) is 0 Å². The maximum atomic E-state index is 7.17. The molecule has 0 fully saturated rings. The molecule has 6 heteroatoms. The van der Waals surface area contributed by atoms with Gasteiger partial charge < -0.3 is 13.6 Å². The van der Waals surface area contributed by atoms with Gasteiger partial charge in [0.1, 0.15) is 11.2 Å². The summed E-state index contributed by atoms with van der Waals surface area (Å²) in [4.78, 5) is 15.4. The number of rotatable bonds is 5. The lowest BCUT2D eigenvalue weighted by Gasteiger charge is -2.21. The maximum absolute atomic E-state index is 7.17. The number of benzene rings is 9. The summed E-state index contributed by atoms with van der Waals surface area (Å²) in [6, 6.07) is 71.0. The second-order valence-corrected chi connectivity index (χ2v) is 18.0. The zero-order valence-electron chi connectivity index (χ0n) is 36.2. The van der Waals surface area contributed by atoms with E-state index >= 15 is 0 Å². The molecule has 0 radical (unpaired) electrons. The van der Waals surface area contributed by atoms with Crippen LogP contribution in [-0.2, 0) is 5.41 Å². The lowest BCUT2D eigenvalue weighted by Crippen LogP contribution is -2.15. The van der Waals surface area contributed by atoms with Gasteiger partial charge in [0.05, 0.1) is 32.8 Å². The highest BCUT2D eigenvalue weighted by molar-refractivity contribution is 6.29. The van der Waals surface area contributed by atoms with Crippen molar-refractivity contribution < 1.29 is 4.42 Å². The van der Waals surface area contributed by atoms with Crippen molar-refractivity contribution in [3.63, 3.8) is 0 Å². The van der Waals surface area contributed by atoms with Crippen LogP contribution >= 0.6 is 0 Å². The smallest absolute Gasteiger partial charge is 0.164 e. The molecule has 1 aliphatic carbocycles. The van der Waals surface area contributed by atoms with E-state index < -0.39 is 0 Å². The quantitative estimate of drug-likeness (QED) is 0.173. The molecule has 0 saturated carbocycles. The molecule has 0 unspecified atom stereocenters. The van der Waals surface area contributed by atoms with E-state index in [1.165, 1.54) is 27.6 Å². The van der Waals surface area contributed by atoms with E-state index in [2.05, 4.69) is 205 Å². The van der Waals surface area contributed by atoms with E-state index in [9.17, 15) is 0 Å². The van der Waals surface area contributed by atoms with E-state index in [1.54, 1.807) is 0 Å². The first kappa shape index (κ1) is 36.8. The van der Waals surface area contributed by atoms with Crippen LogP contribution in [0.5, 0.6) is 0 Å². The number of aromatic nitrogens is 5. The van der Waals surface area contributed by atoms with Gasteiger partial charge in [0, 0.05) is 55.0 Å². The van der Waals surface area contributed by atoms with Gasteiger partial charge in [-0.25, -0.2) is 15.0 Å². The predicted molar refractivity (Wildman–Crippen MR) is 270 cm³/mol. The Kier molecular flexibility index (Phi) is 7.64. The number of fused-ring (bicyclic) bond motifs is 14. The van der Waals surface area contributed by atoms with Crippen molar-refractivity contribution in [3.05, 3.63) is 211 Å². The molecule has 6 nitrogen and oxygen atoms in total. The van der Waals surface area contributed by atoms with Crippen LogP contribution in [0.4, 0.5) is 0 Å². The third-order valence-corrected chi connectivity index (χ3v) is 14.0. The summed E-state index contributed by atoms with van der Waals surface area (Å²) in [7, 11) is 0. The van der Waals surface area contributed by atoms with Crippen LogP contribution in [0, 0.1) is 0 Å². The van der Waals surface area contributed by atoms with Crippen molar-refractivity contribution in [1.29, 1.82) is 0 Å². The van der Waals surface area contributed by atoms with E-state index in [0.29, 0.717) is 17.5 Å². The fraction of sp³-hybridized carbons (Fsp3) is 0.0500. The molecule has 0 spiro atoms. The van der Waals surface area contributed by atoms with Gasteiger partial charge >= 0.3 is 0 Å². The fourth-order valence-corrected chi connectivity index (χ4v) is 10.9. The Morgan fingerprint density at radius 1 is 0.364 bits per heavy atom. The summed E-state index contributed by atoms with van der Waals surface area (Å²) in [6.45, 7) is 4.61. The molecule has 1 aliphatic rings. The first-order valence-electron chi connectivity index (χ1n) is 22.5. The molecule has 0 N–H and O–H groups in total. The van der Waals surface area contributed by atoms with Crippen molar-refractivity contribution in [2.75, 3.05) is 0 Å². The van der Waals surface area contributed by atoms with Crippen molar-refractivity contribution in [3.8, 4) is 56.7 Å². The summed E-state index contributed by atoms with van der Waals surface area (Å²) in [5.74, 6) is 1.91. The normalized spacial score (nSPS) is 13.1. The second kappa shape index (κ2) is 13.7. The molecule has 13 aromatic rings. The number of hydrogen-bond acceptors (Lipinski definition) is 4. The lowest BCUT2D eigenvalue weighted by atomic mass is 9.82. The highest BCUT2D eigenvalue weighted by atomic mass is 16.3. The van der Waals surface area contributed by atoms with Gasteiger partial charge in [-0.15, -0.1) is 0 Å². The topological polar surface area (TPSA) is 61.7 Å². The molecule has 0 atom stereocenters. The average Bonchev–Trinajstić information content (AvgIpc) is 4.09. The van der Waals surface area contributed by atoms with E-state index in [-0.39, 0.29) is 5.41 Å². The van der Waals surface area contributed by atoms with Gasteiger partial charge in [-0.3, -0.25) is 0 Å². The van der Waals surface area contributed by atoms with E-state index in [0.717, 1.165) is 88.2 Å². The Morgan fingerprint density at radius 2 is 0.833 bits per heavy atom. The summed E-state index contributed by atoms with van der Waals surface area (Å²) in [6.07, 6.45) is 0. The minimum atomic E-state index is -0.143. The van der Waals surface area contributed by atoms with Crippen LogP contribution in [-0.4, -0.2) is 24.1 Å². The molecule has 0 amide bonds. The Morgan fingerprint density at radius 3 is 1.45 bits per heavy atom. The van der Waals surface area contributed by atoms with Crippen LogP contribution in [0.25, 0.3) is 122 Å². The highest BCUT2D eigenvalue weighted by Crippen LogP contribution is 2.50. The van der Waals surface area contributed by atoms with Crippen LogP contribution in [0.15, 0.2) is 205 Å². The minimum absolute atomic E-state index is 0.143. The van der Waals surface area contributed by atoms with Gasteiger partial charge in [-0.1, -0.05) is 135 Å². The Balaban J connectivity index is 0.915. The Labute approximate surface area is 379 Å². The monoisotopic (exact) mass is 845 g/mol. The van der Waals surface area contributed by atoms with Crippen LogP contribution in [0.2, 0.25) is 0 Å². The highest BCUT2D eigenvalue weighted by Gasteiger charge is 2.35. The Hall–Kier alpha value is -8.61. The summed E-state index contributed by atoms with van der Waals surface area (Å²) < 4.78 is 11.9. The predicted octanol–water partition coefficient (Wildman–Crippen LogP) is 15.3. The van der Waals surface area contributed by atoms with E-state index in [1.807, 2.05) is 18.2 Å². The van der Waals surface area contributed by atoms with Gasteiger partial charge in [0.2, 0.25) is 0 Å². The standard InChI is InChI=1S/C60H39N5O/c1-60(2)47-22-12-9-19-41(47)42-30-27-38(35-48(42)60)59-62-57(36-15-5-3-6-16-36)61-58(63-59)37-25-28-40(29-26-37)65-50-24-14-11-21-46(50)54-52(65)34-32-44-43-31-33-51-53(55(43)66-56(44)54)45-20-10-13-23-49(45)64(51)39-17-7-4-8-18-39/h3-35H,1-2H3. The molecule has 310 valence electrons. The van der Waals surface area contributed by atoms with Gasteiger partial charge in [0.15, 0.2) is 17.5 Å². The van der Waals surface area contributed by atoms with E-state index in [4.69, 9.17) is 19.4 Å². The largest absolute Gasteiger partial charge is 0.455 e. The molecule has 66 heavy (non-hydrogen) atoms. The molecule has 0 saturated heterocycles. The average molecular weight is 846 g/mol. The summed E-state index contributed by atoms with van der Waals surface area (Å²) in [5.41, 5.74) is 16.3. The summed E-state index contributed by atoms with van der Waals surface area (Å²) >= 11 is 0. The molecular weight excluding hydrogens is 807 g/mol. The van der Waals surface area contributed by atoms with Crippen LogP contribution < -0.4 is 0 Å². The third kappa shape index (κ3) is 5.21. The second-order valence-electron chi connectivity index (χ2n) is 18.0. The van der Waals surface area contributed by atoms with Crippen LogP contribution in [0.3, 0.4) is 0 Å². The minimum Gasteiger partial charge on any atom is -0.455 e. The molecule has 0 bridgehead atoms. The first-order chi connectivity index (χ1) is 32.5. The number of nitrogens with zero attached hydrogens (tertiary/aromatic N) is 5. The molecule has 0 aliphatic heterocycles. The SMILES string of the molecule is CC1(C)c2ccccc2-c2ccc(-c3nc(-c4ccccc4)nc(-c4ccc(-n5c6ccccc6c6c7oc8c(ccc9c8c8ccccc8n9-c8ccccc8)c7ccc65)cc4)n3)cc21. The van der Waals surface area contributed by atoms with Crippen LogP contribution in [0.1, 0.15) is 25.0 Å². The molecule has 14 rings (SSSR count). The fourth-order valence-electron chi connectivity index (χ4n) is 10.9. The third-order valence-electron chi connectivity index (χ3n) is 14.0. The molecular formula is C60H39N5O. The maximum Gasteiger partial charge on any atom is 0.164 e. The number of furan rings is 1. The first-order valence-corrected chi connectivity index (χ1v) is 22.5. The zero-order valence-corrected chi connectivity index (χ0v) is 36.2. The number of para-hydroxylation sites is 3. The van der Waals surface area contributed by atoms with Crippen molar-refractivity contribution in [2.24, 2.45) is 0 Å². The van der Waals surface area contributed by atoms with Gasteiger partial charge in [0.25, 0.3) is 0 Å². The van der Waals surface area contributed by atoms with Crippen molar-refractivity contribution in [1.82, 2.24) is 24.1 Å². The molecule has 4 heterocycles. The van der Waals surface area contributed by atoms with Crippen molar-refractivity contribution >= 4 is 65.6 Å². The summed E-state index contributed by atoms with van der Waals surface area (Å²) in [5, 5.41) is 6.74. The Bertz CT molecular complexity index is 4120. The molecule has 4 aromatic heterocycles. The van der Waals surface area contributed by atoms with Gasteiger partial charge in [-0.05, 0) is 101 Å². The zero-order chi connectivity index (χ0) is 43.7. The molecule has 9 aromatic carbocycles. The number of hydrogen-bond donors (Lipinski definition) is 0. The lowest BCUT2D eigenvalue weighted by molar-refractivity contribution is 0.660.